The minimum Gasteiger partial charge on any atom is -0.362 e. The molecule has 19 heavy (non-hydrogen) atoms. The second-order valence-electron chi connectivity index (χ2n) is 4.70. The molecule has 0 saturated heterocycles. The summed E-state index contributed by atoms with van der Waals surface area (Å²) in [5, 5.41) is 0. The molecule has 0 aromatic carbocycles. The van der Waals surface area contributed by atoms with Crippen molar-refractivity contribution in [3.8, 4) is 0 Å². The van der Waals surface area contributed by atoms with Crippen LogP contribution in [0.5, 0.6) is 0 Å². The van der Waals surface area contributed by atoms with Crippen molar-refractivity contribution < 1.29 is 39.9 Å². The Balaban J connectivity index is 5.25. The first-order valence-electron chi connectivity index (χ1n) is 5.23. The molecule has 0 rings (SSSR count). The minimum atomic E-state index is -5.55. The van der Waals surface area contributed by atoms with Gasteiger partial charge in [0.1, 0.15) is 18.4 Å². The molecule has 0 amide bonds. The highest BCUT2D eigenvalue weighted by Gasteiger charge is 2.66. The Morgan fingerprint density at radius 1 is 0.947 bits per heavy atom. The first-order chi connectivity index (χ1) is 8.12. The number of alkyl halides is 8. The van der Waals surface area contributed by atoms with Gasteiger partial charge in [0, 0.05) is 6.42 Å². The van der Waals surface area contributed by atoms with Crippen LogP contribution in [-0.2, 0) is 4.74 Å². The Labute approximate surface area is 104 Å². The zero-order valence-electron chi connectivity index (χ0n) is 10.4. The second kappa shape index (κ2) is 5.41. The molecule has 9 heteroatoms. The SMILES string of the molecule is CC(F)CC(F)(C(F)(F)F)C(C)(C)OCC(F)(F)F. The van der Waals surface area contributed by atoms with Crippen LogP contribution in [0.2, 0.25) is 0 Å². The minimum absolute atomic E-state index is 0.509. The summed E-state index contributed by atoms with van der Waals surface area (Å²) in [5.74, 6) is 0. The van der Waals surface area contributed by atoms with Gasteiger partial charge in [0.05, 0.1) is 0 Å². The lowest BCUT2D eigenvalue weighted by atomic mass is 9.82. The van der Waals surface area contributed by atoms with Crippen LogP contribution in [0.15, 0.2) is 0 Å². The number of hydrogen-bond donors (Lipinski definition) is 0. The van der Waals surface area contributed by atoms with Crippen LogP contribution in [0.4, 0.5) is 35.1 Å². The fourth-order valence-corrected chi connectivity index (χ4v) is 1.47. The summed E-state index contributed by atoms with van der Waals surface area (Å²) in [6.45, 7) is -0.356. The lowest BCUT2D eigenvalue weighted by Gasteiger charge is -2.41. The molecule has 0 saturated carbocycles. The molecule has 0 aliphatic heterocycles. The van der Waals surface area contributed by atoms with Gasteiger partial charge in [-0.3, -0.25) is 0 Å². The van der Waals surface area contributed by atoms with E-state index in [1.165, 1.54) is 0 Å². The Kier molecular flexibility index (Phi) is 5.24. The summed E-state index contributed by atoms with van der Waals surface area (Å²) in [7, 11) is 0. The van der Waals surface area contributed by atoms with Crippen LogP contribution in [0.1, 0.15) is 27.2 Å². The second-order valence-corrected chi connectivity index (χ2v) is 4.70. The van der Waals surface area contributed by atoms with Gasteiger partial charge < -0.3 is 4.74 Å². The van der Waals surface area contributed by atoms with Crippen LogP contribution in [-0.4, -0.2) is 36.4 Å². The van der Waals surface area contributed by atoms with E-state index in [0.717, 1.165) is 0 Å². The molecular weight excluding hydrogens is 288 g/mol. The monoisotopic (exact) mass is 302 g/mol. The first kappa shape index (κ1) is 18.4. The fraction of sp³-hybridized carbons (Fsp3) is 1.00. The molecule has 0 radical (unpaired) electrons. The zero-order chi connectivity index (χ0) is 15.7. The van der Waals surface area contributed by atoms with Crippen molar-refractivity contribution in [1.82, 2.24) is 0 Å². The highest BCUT2D eigenvalue weighted by atomic mass is 19.4. The molecule has 0 heterocycles. The molecule has 0 fully saturated rings. The van der Waals surface area contributed by atoms with E-state index in [0.29, 0.717) is 20.8 Å². The molecule has 2 unspecified atom stereocenters. The largest absolute Gasteiger partial charge is 0.425 e. The van der Waals surface area contributed by atoms with E-state index in [4.69, 9.17) is 0 Å². The van der Waals surface area contributed by atoms with Crippen molar-refractivity contribution in [3.63, 3.8) is 0 Å². The molecule has 0 N–H and O–H groups in total. The number of hydrogen-bond acceptors (Lipinski definition) is 1. The van der Waals surface area contributed by atoms with E-state index in [-0.39, 0.29) is 0 Å². The predicted molar refractivity (Wildman–Crippen MR) is 51.2 cm³/mol. The maximum atomic E-state index is 14.0. The number of halogens is 8. The molecule has 0 bridgehead atoms. The Bertz CT molecular complexity index is 293. The van der Waals surface area contributed by atoms with Gasteiger partial charge in [-0.25, -0.2) is 8.78 Å². The van der Waals surface area contributed by atoms with Gasteiger partial charge in [0.25, 0.3) is 0 Å². The maximum absolute atomic E-state index is 14.0. The highest BCUT2D eigenvalue weighted by molar-refractivity contribution is 5.02. The standard InChI is InChI=1S/C10H14F8O/c1-6(11)4-8(12,10(16,17)18)7(2,3)19-5-9(13,14)15/h6H,4-5H2,1-3H3. The van der Waals surface area contributed by atoms with Gasteiger partial charge in [-0.2, -0.15) is 26.3 Å². The van der Waals surface area contributed by atoms with Gasteiger partial charge in [-0.05, 0) is 20.8 Å². The van der Waals surface area contributed by atoms with Crippen LogP contribution < -0.4 is 0 Å². The maximum Gasteiger partial charge on any atom is 0.425 e. The summed E-state index contributed by atoms with van der Waals surface area (Å²) < 4.78 is 105. The van der Waals surface area contributed by atoms with Gasteiger partial charge in [0.2, 0.25) is 5.67 Å². The molecule has 116 valence electrons. The summed E-state index contributed by atoms with van der Waals surface area (Å²) in [6.07, 6.45) is -14.3. The average molecular weight is 302 g/mol. The summed E-state index contributed by atoms with van der Waals surface area (Å²) in [4.78, 5) is 0. The fourth-order valence-electron chi connectivity index (χ4n) is 1.47. The molecule has 0 aromatic heterocycles. The van der Waals surface area contributed by atoms with Gasteiger partial charge >= 0.3 is 12.4 Å². The Morgan fingerprint density at radius 2 is 1.37 bits per heavy atom. The van der Waals surface area contributed by atoms with Crippen molar-refractivity contribution in [2.75, 3.05) is 6.61 Å². The number of ether oxygens (including phenoxy) is 1. The molecule has 0 aliphatic carbocycles. The average Bonchev–Trinajstić information content (AvgIpc) is 2.10. The molecule has 1 nitrogen and oxygen atoms in total. The quantitative estimate of drug-likeness (QED) is 0.686. The van der Waals surface area contributed by atoms with E-state index in [1.807, 2.05) is 0 Å². The topological polar surface area (TPSA) is 9.23 Å². The third kappa shape index (κ3) is 4.77. The molecule has 0 aromatic rings. The lowest BCUT2D eigenvalue weighted by Crippen LogP contribution is -2.59. The normalized spacial score (nSPS) is 19.1. The highest BCUT2D eigenvalue weighted by Crippen LogP contribution is 2.47. The van der Waals surface area contributed by atoms with Crippen molar-refractivity contribution in [1.29, 1.82) is 0 Å². The Morgan fingerprint density at radius 3 is 1.63 bits per heavy atom. The van der Waals surface area contributed by atoms with Crippen LogP contribution in [0, 0.1) is 0 Å². The van der Waals surface area contributed by atoms with Crippen LogP contribution in [0.3, 0.4) is 0 Å². The summed E-state index contributed by atoms with van der Waals surface area (Å²) >= 11 is 0. The third-order valence-corrected chi connectivity index (χ3v) is 2.56. The van der Waals surface area contributed by atoms with Gasteiger partial charge in [-0.15, -0.1) is 0 Å². The van der Waals surface area contributed by atoms with Crippen molar-refractivity contribution >= 4 is 0 Å². The van der Waals surface area contributed by atoms with E-state index in [9.17, 15) is 35.1 Å². The number of rotatable bonds is 5. The van der Waals surface area contributed by atoms with E-state index in [1.54, 1.807) is 0 Å². The van der Waals surface area contributed by atoms with Crippen LogP contribution in [0.25, 0.3) is 0 Å². The van der Waals surface area contributed by atoms with Gasteiger partial charge in [0.15, 0.2) is 0 Å². The zero-order valence-corrected chi connectivity index (χ0v) is 10.4. The van der Waals surface area contributed by atoms with Crippen LogP contribution >= 0.6 is 0 Å². The molecule has 2 atom stereocenters. The molecule has 0 aliphatic rings. The Hall–Kier alpha value is -0.600. The first-order valence-corrected chi connectivity index (χ1v) is 5.23. The molecular formula is C10H14F8O. The third-order valence-electron chi connectivity index (χ3n) is 2.56. The van der Waals surface area contributed by atoms with Crippen molar-refractivity contribution in [3.05, 3.63) is 0 Å². The summed E-state index contributed by atoms with van der Waals surface area (Å²) in [5.41, 5.74) is -7.10. The molecule has 0 spiro atoms. The predicted octanol–water partition coefficient (Wildman–Crippen LogP) is 4.36. The van der Waals surface area contributed by atoms with Crippen molar-refractivity contribution in [2.24, 2.45) is 0 Å². The summed E-state index contributed by atoms with van der Waals surface area (Å²) in [6, 6.07) is 0. The smallest absolute Gasteiger partial charge is 0.362 e. The van der Waals surface area contributed by atoms with Gasteiger partial charge in [-0.1, -0.05) is 0 Å². The van der Waals surface area contributed by atoms with E-state index in [2.05, 4.69) is 4.74 Å². The van der Waals surface area contributed by atoms with E-state index >= 15 is 0 Å². The lowest BCUT2D eigenvalue weighted by molar-refractivity contribution is -0.310. The van der Waals surface area contributed by atoms with E-state index < -0.39 is 42.8 Å². The van der Waals surface area contributed by atoms with Crippen molar-refractivity contribution in [2.45, 2.75) is 57.0 Å².